The van der Waals surface area contributed by atoms with E-state index in [2.05, 4.69) is 28.2 Å². The molecule has 0 aliphatic rings. The van der Waals surface area contributed by atoms with Gasteiger partial charge in [-0.15, -0.1) is 37.2 Å². The van der Waals surface area contributed by atoms with Crippen LogP contribution in [-0.4, -0.2) is 16.9 Å². The number of hydrogen-bond donors (Lipinski definition) is 1. The molecule has 0 fully saturated rings. The van der Waals surface area contributed by atoms with Crippen molar-refractivity contribution in [1.82, 2.24) is 4.98 Å². The minimum Gasteiger partial charge on any atom is -0.490 e. The van der Waals surface area contributed by atoms with Crippen LogP contribution in [0.25, 0.3) is 22.3 Å². The zero-order valence-corrected chi connectivity index (χ0v) is 22.4. The van der Waals surface area contributed by atoms with Crippen LogP contribution in [0.1, 0.15) is 19.5 Å². The van der Waals surface area contributed by atoms with Crippen molar-refractivity contribution in [2.45, 2.75) is 20.0 Å². The Morgan fingerprint density at radius 3 is 2.17 bits per heavy atom. The molecule has 4 rings (SSSR count). The Morgan fingerprint density at radius 2 is 1.51 bits per heavy atom. The average molecular weight is 551 g/mol. The van der Waals surface area contributed by atoms with Crippen LogP contribution in [0.4, 0.5) is 5.69 Å². The average Bonchev–Trinajstić information content (AvgIpc) is 2.79. The van der Waals surface area contributed by atoms with Gasteiger partial charge < -0.3 is 10.5 Å². The van der Waals surface area contributed by atoms with Crippen molar-refractivity contribution in [1.29, 1.82) is 0 Å². The zero-order chi connectivity index (χ0) is 22.5. The Labute approximate surface area is 229 Å². The van der Waals surface area contributed by atoms with Crippen LogP contribution in [0.15, 0.2) is 96.1 Å². The van der Waals surface area contributed by atoms with Gasteiger partial charge in [0.2, 0.25) is 0 Å². The second-order valence-electron chi connectivity index (χ2n) is 7.65. The zero-order valence-electron chi connectivity index (χ0n) is 19.2. The van der Waals surface area contributed by atoms with Crippen molar-refractivity contribution in [2.75, 3.05) is 0 Å². The Morgan fingerprint density at radius 1 is 0.829 bits per heavy atom. The lowest BCUT2D eigenvalue weighted by molar-refractivity contribution is 0.243. The SMILES string of the molecule is CC(C)Oc1cc(N=C(N)c2ccccn2)ccc1-c1cc(Cl)cc(-c2ccccc2)c1.Cl.Cl.Cl. The van der Waals surface area contributed by atoms with E-state index in [-0.39, 0.29) is 43.3 Å². The van der Waals surface area contributed by atoms with Gasteiger partial charge in [-0.1, -0.05) is 48.0 Å². The maximum absolute atomic E-state index is 6.49. The van der Waals surface area contributed by atoms with Crippen LogP contribution < -0.4 is 10.5 Å². The van der Waals surface area contributed by atoms with Crippen molar-refractivity contribution in [3.63, 3.8) is 0 Å². The molecule has 1 aromatic heterocycles. The summed E-state index contributed by atoms with van der Waals surface area (Å²) in [4.78, 5) is 8.80. The molecule has 0 atom stereocenters. The third-order valence-corrected chi connectivity index (χ3v) is 5.04. The fourth-order valence-electron chi connectivity index (χ4n) is 3.42. The van der Waals surface area contributed by atoms with E-state index in [1.54, 1.807) is 6.20 Å². The van der Waals surface area contributed by atoms with E-state index in [4.69, 9.17) is 22.1 Å². The third kappa shape index (κ3) is 7.87. The monoisotopic (exact) mass is 549 g/mol. The lowest BCUT2D eigenvalue weighted by atomic mass is 9.98. The molecule has 0 aliphatic carbocycles. The van der Waals surface area contributed by atoms with E-state index >= 15 is 0 Å². The molecule has 0 radical (unpaired) electrons. The Kier molecular flexibility index (Phi) is 12.1. The Hall–Kier alpha value is -2.76. The van der Waals surface area contributed by atoms with Gasteiger partial charge in [-0.05, 0) is 73.0 Å². The first kappa shape index (κ1) is 30.3. The second kappa shape index (κ2) is 14.0. The lowest BCUT2D eigenvalue weighted by Gasteiger charge is -2.16. The summed E-state index contributed by atoms with van der Waals surface area (Å²) in [5, 5.41) is 0.665. The molecule has 8 heteroatoms. The van der Waals surface area contributed by atoms with Gasteiger partial charge in [0.25, 0.3) is 0 Å². The molecular weight excluding hydrogens is 524 g/mol. The molecule has 4 aromatic rings. The quantitative estimate of drug-likeness (QED) is 0.194. The number of benzene rings is 3. The Bertz CT molecular complexity index is 1250. The topological polar surface area (TPSA) is 60.5 Å². The van der Waals surface area contributed by atoms with Gasteiger partial charge in [0.1, 0.15) is 17.3 Å². The minimum atomic E-state index is -0.00565. The fourth-order valence-corrected chi connectivity index (χ4v) is 3.66. The largest absolute Gasteiger partial charge is 0.490 e. The highest BCUT2D eigenvalue weighted by Gasteiger charge is 2.12. The molecule has 184 valence electrons. The lowest BCUT2D eigenvalue weighted by Crippen LogP contribution is -2.14. The van der Waals surface area contributed by atoms with Gasteiger partial charge in [-0.2, -0.15) is 0 Å². The highest BCUT2D eigenvalue weighted by molar-refractivity contribution is 6.31. The van der Waals surface area contributed by atoms with Gasteiger partial charge >= 0.3 is 0 Å². The number of halogens is 4. The van der Waals surface area contributed by atoms with E-state index in [0.29, 0.717) is 22.2 Å². The molecule has 2 N–H and O–H groups in total. The summed E-state index contributed by atoms with van der Waals surface area (Å²) in [6, 6.07) is 27.6. The summed E-state index contributed by atoms with van der Waals surface area (Å²) in [6.07, 6.45) is 1.69. The van der Waals surface area contributed by atoms with E-state index in [9.17, 15) is 0 Å². The highest BCUT2D eigenvalue weighted by atomic mass is 35.5. The minimum absolute atomic E-state index is 0. The first-order valence-corrected chi connectivity index (χ1v) is 10.8. The molecule has 1 heterocycles. The molecule has 0 aliphatic heterocycles. The standard InChI is InChI=1S/C27H24ClN3O.3ClH/c1-18(2)32-26-17-23(31-27(29)25-10-6-7-13-30-25)11-12-24(26)21-14-20(15-22(28)16-21)19-8-4-3-5-9-19;;;/h3-18H,1-2H3,(H2,29,31);3*1H. The number of nitrogens with two attached hydrogens (primary N) is 1. The van der Waals surface area contributed by atoms with Gasteiger partial charge in [0.05, 0.1) is 11.8 Å². The van der Waals surface area contributed by atoms with Crippen LogP contribution >= 0.6 is 48.8 Å². The predicted molar refractivity (Wildman–Crippen MR) is 154 cm³/mol. The van der Waals surface area contributed by atoms with Gasteiger partial charge in [0, 0.05) is 22.8 Å². The van der Waals surface area contributed by atoms with Gasteiger partial charge in [0.15, 0.2) is 0 Å². The van der Waals surface area contributed by atoms with Crippen molar-refractivity contribution >= 4 is 60.3 Å². The van der Waals surface area contributed by atoms with Gasteiger partial charge in [-0.3, -0.25) is 4.98 Å². The summed E-state index contributed by atoms with van der Waals surface area (Å²) >= 11 is 6.49. The fraction of sp³-hybridized carbons (Fsp3) is 0.111. The molecule has 0 amide bonds. The number of rotatable bonds is 6. The number of amidine groups is 1. The predicted octanol–water partition coefficient (Wildman–Crippen LogP) is 8.16. The van der Waals surface area contributed by atoms with Crippen LogP contribution in [0, 0.1) is 0 Å². The van der Waals surface area contributed by atoms with Crippen molar-refractivity contribution in [2.24, 2.45) is 10.7 Å². The normalized spacial score (nSPS) is 10.6. The summed E-state index contributed by atoms with van der Waals surface area (Å²) in [6.45, 7) is 3.99. The third-order valence-electron chi connectivity index (χ3n) is 4.82. The van der Waals surface area contributed by atoms with E-state index in [1.807, 2.05) is 80.6 Å². The molecule has 0 unspecified atom stereocenters. The van der Waals surface area contributed by atoms with Crippen molar-refractivity contribution in [3.8, 4) is 28.0 Å². The molecule has 35 heavy (non-hydrogen) atoms. The molecule has 0 saturated heterocycles. The first-order valence-electron chi connectivity index (χ1n) is 10.4. The number of nitrogens with zero attached hydrogens (tertiary/aromatic N) is 2. The smallest absolute Gasteiger partial charge is 0.150 e. The van der Waals surface area contributed by atoms with Crippen LogP contribution in [0.2, 0.25) is 5.02 Å². The van der Waals surface area contributed by atoms with E-state index < -0.39 is 0 Å². The van der Waals surface area contributed by atoms with Crippen molar-refractivity contribution < 1.29 is 4.74 Å². The highest BCUT2D eigenvalue weighted by Crippen LogP contribution is 2.37. The Balaban J connectivity index is 0.00000204. The number of aromatic nitrogens is 1. The van der Waals surface area contributed by atoms with Crippen LogP contribution in [-0.2, 0) is 0 Å². The van der Waals surface area contributed by atoms with Crippen molar-refractivity contribution in [3.05, 3.63) is 102 Å². The maximum Gasteiger partial charge on any atom is 0.150 e. The molecule has 0 bridgehead atoms. The number of pyridine rings is 1. The van der Waals surface area contributed by atoms with Crippen LogP contribution in [0.5, 0.6) is 5.75 Å². The van der Waals surface area contributed by atoms with Gasteiger partial charge in [-0.25, -0.2) is 4.99 Å². The molecular formula is C27H27Cl4N3O. The second-order valence-corrected chi connectivity index (χ2v) is 8.09. The summed E-state index contributed by atoms with van der Waals surface area (Å²) in [7, 11) is 0. The first-order chi connectivity index (χ1) is 15.5. The number of aliphatic imine (C=N–C) groups is 1. The number of hydrogen-bond acceptors (Lipinski definition) is 3. The van der Waals surface area contributed by atoms with E-state index in [0.717, 1.165) is 28.0 Å². The summed E-state index contributed by atoms with van der Waals surface area (Å²) in [5.74, 6) is 1.07. The molecule has 0 spiro atoms. The van der Waals surface area contributed by atoms with Crippen LogP contribution in [0.3, 0.4) is 0 Å². The molecule has 4 nitrogen and oxygen atoms in total. The van der Waals surface area contributed by atoms with E-state index in [1.165, 1.54) is 0 Å². The maximum atomic E-state index is 6.49. The summed E-state index contributed by atoms with van der Waals surface area (Å²) < 4.78 is 6.14. The molecule has 0 saturated carbocycles. The number of ether oxygens (including phenoxy) is 1. The summed E-state index contributed by atoms with van der Waals surface area (Å²) in [5.41, 5.74) is 11.5. The molecule has 3 aromatic carbocycles.